The molecule has 1 aromatic heterocycles. The van der Waals surface area contributed by atoms with Gasteiger partial charge in [0.15, 0.2) is 11.5 Å². The molecule has 3 N–H and O–H groups in total. The average molecular weight is 523 g/mol. The van der Waals surface area contributed by atoms with Crippen molar-refractivity contribution in [3.8, 4) is 11.5 Å². The monoisotopic (exact) mass is 522 g/mol. The van der Waals surface area contributed by atoms with Crippen LogP contribution in [0.25, 0.3) is 10.9 Å². The van der Waals surface area contributed by atoms with Crippen LogP contribution >= 0.6 is 0 Å². The van der Waals surface area contributed by atoms with E-state index in [-0.39, 0.29) is 12.2 Å². The second kappa shape index (κ2) is 11.8. The van der Waals surface area contributed by atoms with Gasteiger partial charge in [0.05, 0.1) is 32.0 Å². The molecular formula is C25H38N4O6S. The molecule has 0 amide bonds. The predicted octanol–water partition coefficient (Wildman–Crippen LogP) is 2.24. The molecule has 11 heteroatoms. The number of nitrogens with zero attached hydrogens (tertiary/aromatic N) is 2. The number of methoxy groups -OCH3 is 2. The number of aryl methyl sites for hydroxylation is 1. The van der Waals surface area contributed by atoms with E-state index in [9.17, 15) is 13.2 Å². The van der Waals surface area contributed by atoms with Gasteiger partial charge in [0.25, 0.3) is 5.56 Å². The van der Waals surface area contributed by atoms with Gasteiger partial charge in [-0.3, -0.25) is 8.98 Å². The Bertz CT molecular complexity index is 1200. The van der Waals surface area contributed by atoms with Gasteiger partial charge in [-0.2, -0.15) is 8.42 Å². The van der Waals surface area contributed by atoms with Crippen molar-refractivity contribution in [2.24, 2.45) is 17.0 Å². The van der Waals surface area contributed by atoms with Crippen LogP contribution in [0.2, 0.25) is 0 Å². The van der Waals surface area contributed by atoms with Crippen LogP contribution in [-0.2, 0) is 21.0 Å². The molecule has 10 nitrogen and oxygen atoms in total. The molecule has 4 rings (SSSR count). The Morgan fingerprint density at radius 3 is 2.25 bits per heavy atom. The number of rotatable bonds is 10. The molecule has 0 bridgehead atoms. The molecule has 0 atom stereocenters. The molecule has 0 spiro atoms. The first-order valence-corrected chi connectivity index (χ1v) is 14.2. The summed E-state index contributed by atoms with van der Waals surface area (Å²) in [5, 5.41) is 9.29. The summed E-state index contributed by atoms with van der Waals surface area (Å²) in [6.07, 6.45) is 5.63. The van der Waals surface area contributed by atoms with Gasteiger partial charge in [0.1, 0.15) is 0 Å². The molecule has 2 aromatic rings. The Kier molecular flexibility index (Phi) is 8.76. The Morgan fingerprint density at radius 2 is 1.61 bits per heavy atom. The largest absolute Gasteiger partial charge is 0.493 e. The van der Waals surface area contributed by atoms with Crippen molar-refractivity contribution < 1.29 is 22.1 Å². The Hall–Kier alpha value is -2.34. The van der Waals surface area contributed by atoms with Crippen LogP contribution in [0.4, 0.5) is 5.69 Å². The summed E-state index contributed by atoms with van der Waals surface area (Å²) in [5.74, 6) is 2.19. The lowest BCUT2D eigenvalue weighted by molar-refractivity contribution is 0.262. The van der Waals surface area contributed by atoms with E-state index >= 15 is 0 Å². The molecule has 3 heterocycles. The minimum atomic E-state index is -3.91. The van der Waals surface area contributed by atoms with Crippen LogP contribution in [0.3, 0.4) is 0 Å². The zero-order valence-corrected chi connectivity index (χ0v) is 22.0. The lowest BCUT2D eigenvalue weighted by Crippen LogP contribution is -2.35. The van der Waals surface area contributed by atoms with E-state index in [1.807, 2.05) is 16.7 Å². The van der Waals surface area contributed by atoms with Crippen molar-refractivity contribution in [3.63, 3.8) is 0 Å². The third kappa shape index (κ3) is 6.50. The summed E-state index contributed by atoms with van der Waals surface area (Å²) < 4.78 is 39.8. The first-order valence-electron chi connectivity index (χ1n) is 12.7. The maximum absolute atomic E-state index is 13.4. The number of nitrogens with one attached hydrogen (secondary N) is 1. The van der Waals surface area contributed by atoms with Crippen LogP contribution in [0.5, 0.6) is 11.5 Å². The zero-order chi connectivity index (χ0) is 25.7. The van der Waals surface area contributed by atoms with Gasteiger partial charge >= 0.3 is 10.3 Å². The normalized spacial score (nSPS) is 18.0. The Morgan fingerprint density at radius 1 is 0.972 bits per heavy atom. The first kappa shape index (κ1) is 26.7. The zero-order valence-electron chi connectivity index (χ0n) is 21.2. The molecule has 2 aliphatic heterocycles. The van der Waals surface area contributed by atoms with E-state index in [0.717, 1.165) is 74.9 Å². The molecule has 0 radical (unpaired) electrons. The van der Waals surface area contributed by atoms with Crippen LogP contribution in [0.1, 0.15) is 38.5 Å². The Balaban J connectivity index is 1.58. The van der Waals surface area contributed by atoms with Crippen molar-refractivity contribution in [1.82, 2.24) is 9.88 Å². The van der Waals surface area contributed by atoms with Crippen LogP contribution in [-0.4, -0.2) is 60.0 Å². The van der Waals surface area contributed by atoms with Gasteiger partial charge in [-0.1, -0.05) is 0 Å². The smallest absolute Gasteiger partial charge is 0.333 e. The highest BCUT2D eigenvalue weighted by Gasteiger charge is 2.24. The highest BCUT2D eigenvalue weighted by atomic mass is 32.2. The molecule has 36 heavy (non-hydrogen) atoms. The Labute approximate surface area is 212 Å². The minimum Gasteiger partial charge on any atom is -0.493 e. The number of benzene rings is 1. The number of aromatic nitrogens is 1. The predicted molar refractivity (Wildman–Crippen MR) is 140 cm³/mol. The van der Waals surface area contributed by atoms with E-state index in [4.69, 9.17) is 18.8 Å². The van der Waals surface area contributed by atoms with Gasteiger partial charge < -0.3 is 24.3 Å². The fraction of sp³-hybridized carbons (Fsp3) is 0.640. The van der Waals surface area contributed by atoms with E-state index in [1.54, 1.807) is 20.3 Å². The van der Waals surface area contributed by atoms with Crippen LogP contribution in [0, 0.1) is 11.8 Å². The van der Waals surface area contributed by atoms with E-state index in [2.05, 4.69) is 10.2 Å². The van der Waals surface area contributed by atoms with E-state index in [0.29, 0.717) is 36.3 Å². The topological polar surface area (TPSA) is 125 Å². The number of nitrogens with two attached hydrogens (primary N) is 1. The van der Waals surface area contributed by atoms with E-state index in [1.165, 1.54) is 0 Å². The highest BCUT2D eigenvalue weighted by Crippen LogP contribution is 2.37. The van der Waals surface area contributed by atoms with Crippen molar-refractivity contribution in [1.29, 1.82) is 0 Å². The van der Waals surface area contributed by atoms with Crippen molar-refractivity contribution in [3.05, 3.63) is 28.6 Å². The molecule has 0 unspecified atom stereocenters. The number of fused-ring (bicyclic) bond motifs is 1. The lowest BCUT2D eigenvalue weighted by Gasteiger charge is -2.34. The highest BCUT2D eigenvalue weighted by molar-refractivity contribution is 7.84. The van der Waals surface area contributed by atoms with Crippen LogP contribution < -0.4 is 30.4 Å². The molecule has 2 fully saturated rings. The number of pyridine rings is 1. The van der Waals surface area contributed by atoms with Gasteiger partial charge in [-0.15, -0.1) is 0 Å². The summed E-state index contributed by atoms with van der Waals surface area (Å²) >= 11 is 0. The summed E-state index contributed by atoms with van der Waals surface area (Å²) in [7, 11) is -0.686. The fourth-order valence-electron chi connectivity index (χ4n) is 5.46. The number of piperidine rings is 2. The summed E-state index contributed by atoms with van der Waals surface area (Å²) in [5.41, 5.74) is 1.74. The van der Waals surface area contributed by atoms with Crippen LogP contribution in [0.15, 0.2) is 23.0 Å². The van der Waals surface area contributed by atoms with E-state index < -0.39 is 10.3 Å². The lowest BCUT2D eigenvalue weighted by atomic mass is 9.93. The number of hydrogen-bond acceptors (Lipinski definition) is 8. The number of ether oxygens (including phenoxy) is 2. The molecule has 0 saturated carbocycles. The van der Waals surface area contributed by atoms with Gasteiger partial charge in [0, 0.05) is 37.2 Å². The third-order valence-corrected chi connectivity index (χ3v) is 8.04. The summed E-state index contributed by atoms with van der Waals surface area (Å²) in [6.45, 7) is 4.37. The fourth-order valence-corrected chi connectivity index (χ4v) is 5.78. The van der Waals surface area contributed by atoms with Gasteiger partial charge in [-0.25, -0.2) is 5.14 Å². The third-order valence-electron chi connectivity index (χ3n) is 7.54. The number of hydrogen-bond donors (Lipinski definition) is 2. The number of anilines is 1. The SMILES string of the molecule is COc1cc2c(N3CCC(CCOS(N)(=O)=O)CC3)cc(=O)n(CCC3CCNCC3)c2cc1OC. The second-order valence-electron chi connectivity index (χ2n) is 9.76. The van der Waals surface area contributed by atoms with Crippen molar-refractivity contribution in [2.45, 2.75) is 45.1 Å². The summed E-state index contributed by atoms with van der Waals surface area (Å²) in [6, 6.07) is 5.63. The minimum absolute atomic E-state index is 0.0117. The molecule has 2 aliphatic rings. The molecule has 1 aromatic carbocycles. The van der Waals surface area contributed by atoms with Crippen molar-refractivity contribution >= 4 is 26.9 Å². The molecular weight excluding hydrogens is 484 g/mol. The van der Waals surface area contributed by atoms with Gasteiger partial charge in [0.2, 0.25) is 0 Å². The standard InChI is InChI=1S/C25H38N4O6S/c1-33-23-15-20-21(28-11-5-19(6-12-28)8-14-35-36(26,31)32)17-25(30)29(22(20)16-24(23)34-2)13-7-18-3-9-27-10-4-18/h15-19,27H,3-14H2,1-2H3,(H2,26,31,32). The van der Waals surface area contributed by atoms with Crippen molar-refractivity contribution in [2.75, 3.05) is 51.9 Å². The average Bonchev–Trinajstić information content (AvgIpc) is 2.87. The van der Waals surface area contributed by atoms with Gasteiger partial charge in [-0.05, 0) is 69.5 Å². The molecule has 0 aliphatic carbocycles. The molecule has 200 valence electrons. The first-order chi connectivity index (χ1) is 17.3. The maximum Gasteiger partial charge on any atom is 0.333 e. The molecule has 2 saturated heterocycles. The summed E-state index contributed by atoms with van der Waals surface area (Å²) in [4.78, 5) is 15.6. The quantitative estimate of drug-likeness (QED) is 0.487. The maximum atomic E-state index is 13.4. The second-order valence-corrected chi connectivity index (χ2v) is 11.0.